The molecule has 0 aromatic heterocycles. The standard InChI is InChI=1S/C24H35N3O3/c1-16(2)27(15-28)23(25)26-22-21-12-20(30-14-17-4-5-17)7-6-18(21)13-24(22)10-8-19(29-3)9-11-24/h6-7,12,15-17,19,22H,4-5,8-11,13-14H2,1-3H3,(H2,25,26). The van der Waals surface area contributed by atoms with E-state index in [1.54, 1.807) is 7.11 Å². The first-order valence-electron chi connectivity index (χ1n) is 11.3. The number of nitrogens with zero attached hydrogens (tertiary/aromatic N) is 2. The van der Waals surface area contributed by atoms with Gasteiger partial charge in [0.25, 0.3) is 0 Å². The fraction of sp³-hybridized carbons (Fsp3) is 0.667. The van der Waals surface area contributed by atoms with Crippen molar-refractivity contribution in [2.75, 3.05) is 13.7 Å². The zero-order valence-electron chi connectivity index (χ0n) is 18.5. The summed E-state index contributed by atoms with van der Waals surface area (Å²) in [7, 11) is 1.80. The molecule has 0 bridgehead atoms. The number of hydrogen-bond donors (Lipinski definition) is 1. The molecule has 2 saturated carbocycles. The van der Waals surface area contributed by atoms with Crippen molar-refractivity contribution in [3.8, 4) is 5.75 Å². The minimum Gasteiger partial charge on any atom is -0.493 e. The molecule has 30 heavy (non-hydrogen) atoms. The predicted octanol–water partition coefficient (Wildman–Crippen LogP) is 3.83. The van der Waals surface area contributed by atoms with Crippen LogP contribution in [0.5, 0.6) is 5.75 Å². The highest BCUT2D eigenvalue weighted by molar-refractivity contribution is 5.88. The maximum absolute atomic E-state index is 11.6. The number of carbonyl (C=O) groups excluding carboxylic acids is 1. The summed E-state index contributed by atoms with van der Waals surface area (Å²) in [4.78, 5) is 18.1. The topological polar surface area (TPSA) is 77.2 Å². The number of amides is 1. The van der Waals surface area contributed by atoms with Gasteiger partial charge in [0, 0.05) is 18.6 Å². The molecule has 2 N–H and O–H groups in total. The second-order valence-electron chi connectivity index (χ2n) is 9.59. The van der Waals surface area contributed by atoms with E-state index < -0.39 is 0 Å². The normalized spacial score (nSPS) is 28.6. The fourth-order valence-corrected chi connectivity index (χ4v) is 5.08. The van der Waals surface area contributed by atoms with Crippen molar-refractivity contribution in [3.63, 3.8) is 0 Å². The van der Waals surface area contributed by atoms with Crippen LogP contribution in [-0.4, -0.2) is 43.1 Å². The van der Waals surface area contributed by atoms with Crippen LogP contribution in [0.2, 0.25) is 0 Å². The third-order valence-electron chi connectivity index (χ3n) is 7.17. The first kappa shape index (κ1) is 21.2. The lowest BCUT2D eigenvalue weighted by Gasteiger charge is -2.40. The maximum Gasteiger partial charge on any atom is 0.216 e. The third-order valence-corrected chi connectivity index (χ3v) is 7.17. The molecule has 2 fully saturated rings. The molecule has 6 heteroatoms. The summed E-state index contributed by atoms with van der Waals surface area (Å²) in [6.45, 7) is 4.69. The maximum atomic E-state index is 11.6. The number of guanidine groups is 1. The van der Waals surface area contributed by atoms with Gasteiger partial charge in [0.1, 0.15) is 5.75 Å². The van der Waals surface area contributed by atoms with E-state index in [0.717, 1.165) is 50.9 Å². The Hall–Kier alpha value is -2.08. The van der Waals surface area contributed by atoms with Crippen LogP contribution in [-0.2, 0) is 16.0 Å². The van der Waals surface area contributed by atoms with Crippen LogP contribution in [0.4, 0.5) is 0 Å². The van der Waals surface area contributed by atoms with E-state index in [2.05, 4.69) is 18.2 Å². The van der Waals surface area contributed by atoms with Crippen LogP contribution in [0.15, 0.2) is 23.2 Å². The highest BCUT2D eigenvalue weighted by Gasteiger charge is 2.48. The Bertz CT molecular complexity index is 795. The number of nitrogens with two attached hydrogens (primary N) is 1. The van der Waals surface area contributed by atoms with E-state index in [-0.39, 0.29) is 17.5 Å². The number of hydrogen-bond acceptors (Lipinski definition) is 4. The van der Waals surface area contributed by atoms with E-state index in [1.807, 2.05) is 13.8 Å². The van der Waals surface area contributed by atoms with Gasteiger partial charge in [-0.1, -0.05) is 6.07 Å². The van der Waals surface area contributed by atoms with Gasteiger partial charge in [-0.15, -0.1) is 0 Å². The molecule has 4 rings (SSSR count). The van der Waals surface area contributed by atoms with Gasteiger partial charge < -0.3 is 15.2 Å². The van der Waals surface area contributed by atoms with Crippen molar-refractivity contribution in [2.45, 2.75) is 77.0 Å². The lowest BCUT2D eigenvalue weighted by Crippen LogP contribution is -2.42. The van der Waals surface area contributed by atoms with Gasteiger partial charge in [0.2, 0.25) is 6.41 Å². The summed E-state index contributed by atoms with van der Waals surface area (Å²) in [5, 5.41) is 0. The van der Waals surface area contributed by atoms with Gasteiger partial charge in [-0.25, -0.2) is 4.99 Å². The van der Waals surface area contributed by atoms with Crippen LogP contribution in [0.3, 0.4) is 0 Å². The highest BCUT2D eigenvalue weighted by Crippen LogP contribution is 2.56. The lowest BCUT2D eigenvalue weighted by atomic mass is 9.68. The Morgan fingerprint density at radius 1 is 1.30 bits per heavy atom. The van der Waals surface area contributed by atoms with Gasteiger partial charge in [0.15, 0.2) is 5.96 Å². The fourth-order valence-electron chi connectivity index (χ4n) is 5.08. The van der Waals surface area contributed by atoms with Crippen LogP contribution in [0, 0.1) is 11.3 Å². The van der Waals surface area contributed by atoms with Crippen molar-refractivity contribution in [2.24, 2.45) is 22.1 Å². The van der Waals surface area contributed by atoms with Gasteiger partial charge in [-0.2, -0.15) is 0 Å². The first-order chi connectivity index (χ1) is 14.5. The number of methoxy groups -OCH3 is 1. The molecule has 1 aromatic carbocycles. The lowest BCUT2D eigenvalue weighted by molar-refractivity contribution is -0.115. The summed E-state index contributed by atoms with van der Waals surface area (Å²) in [5.74, 6) is 1.93. The summed E-state index contributed by atoms with van der Waals surface area (Å²) in [6.07, 6.45) is 8.79. The van der Waals surface area contributed by atoms with E-state index in [1.165, 1.54) is 28.9 Å². The van der Waals surface area contributed by atoms with Crippen molar-refractivity contribution in [3.05, 3.63) is 29.3 Å². The average molecular weight is 414 g/mol. The molecule has 3 aliphatic carbocycles. The third kappa shape index (κ3) is 4.20. The molecule has 0 aliphatic heterocycles. The number of benzene rings is 1. The SMILES string of the molecule is COC1CCC2(CC1)Cc1ccc(OCC3CC3)cc1C2/N=C(/N)N(C=O)C(C)C. The second-order valence-corrected chi connectivity index (χ2v) is 9.59. The van der Waals surface area contributed by atoms with Crippen molar-refractivity contribution >= 4 is 12.4 Å². The number of ether oxygens (including phenoxy) is 2. The summed E-state index contributed by atoms with van der Waals surface area (Å²) >= 11 is 0. The summed E-state index contributed by atoms with van der Waals surface area (Å²) in [6, 6.07) is 6.37. The van der Waals surface area contributed by atoms with Crippen molar-refractivity contribution in [1.82, 2.24) is 4.90 Å². The van der Waals surface area contributed by atoms with Crippen molar-refractivity contribution < 1.29 is 14.3 Å². The molecule has 1 aromatic rings. The molecule has 1 amide bonds. The predicted molar refractivity (Wildman–Crippen MR) is 117 cm³/mol. The summed E-state index contributed by atoms with van der Waals surface area (Å²) < 4.78 is 11.7. The van der Waals surface area contributed by atoms with E-state index >= 15 is 0 Å². The number of rotatable bonds is 7. The number of aliphatic imine (C=N–C) groups is 1. The van der Waals surface area contributed by atoms with Crippen LogP contribution < -0.4 is 10.5 Å². The Labute approximate surface area is 179 Å². The average Bonchev–Trinajstić information content (AvgIpc) is 3.52. The quantitative estimate of drug-likeness (QED) is 0.419. The molecule has 6 nitrogen and oxygen atoms in total. The molecule has 164 valence electrons. The Kier molecular flexibility index (Phi) is 6.05. The molecule has 0 radical (unpaired) electrons. The molecule has 3 aliphatic rings. The minimum absolute atomic E-state index is 0.0273. The number of carbonyl (C=O) groups is 1. The van der Waals surface area contributed by atoms with Gasteiger partial charge in [0.05, 0.1) is 18.8 Å². The van der Waals surface area contributed by atoms with Crippen LogP contribution in [0.25, 0.3) is 0 Å². The number of fused-ring (bicyclic) bond motifs is 1. The molecule has 1 spiro atoms. The van der Waals surface area contributed by atoms with Gasteiger partial charge >= 0.3 is 0 Å². The van der Waals surface area contributed by atoms with E-state index in [0.29, 0.717) is 18.0 Å². The van der Waals surface area contributed by atoms with Gasteiger partial charge in [-0.3, -0.25) is 9.69 Å². The largest absolute Gasteiger partial charge is 0.493 e. The first-order valence-corrected chi connectivity index (χ1v) is 11.3. The molecule has 0 heterocycles. The Morgan fingerprint density at radius 2 is 2.03 bits per heavy atom. The molecule has 1 atom stereocenters. The van der Waals surface area contributed by atoms with E-state index in [9.17, 15) is 4.79 Å². The zero-order chi connectivity index (χ0) is 21.3. The second kappa shape index (κ2) is 8.58. The monoisotopic (exact) mass is 413 g/mol. The molecule has 1 unspecified atom stereocenters. The molecular weight excluding hydrogens is 378 g/mol. The van der Waals surface area contributed by atoms with Crippen LogP contribution >= 0.6 is 0 Å². The van der Waals surface area contributed by atoms with Gasteiger partial charge in [-0.05, 0) is 88.0 Å². The Morgan fingerprint density at radius 3 is 2.63 bits per heavy atom. The molecular formula is C24H35N3O3. The van der Waals surface area contributed by atoms with Crippen molar-refractivity contribution in [1.29, 1.82) is 0 Å². The minimum atomic E-state index is -0.0593. The van der Waals surface area contributed by atoms with E-state index in [4.69, 9.17) is 20.2 Å². The smallest absolute Gasteiger partial charge is 0.216 e. The Balaban J connectivity index is 1.66. The molecule has 0 saturated heterocycles. The summed E-state index contributed by atoms with van der Waals surface area (Å²) in [5.41, 5.74) is 8.91. The van der Waals surface area contributed by atoms with Crippen LogP contribution in [0.1, 0.15) is 69.5 Å². The highest BCUT2D eigenvalue weighted by atomic mass is 16.5. The zero-order valence-corrected chi connectivity index (χ0v) is 18.5.